The number of Topliss-reactive ketones (excluding diaryl/α,β-unsaturated/α-hetero) is 1. The topological polar surface area (TPSA) is 160 Å². The maximum absolute atomic E-state index is 13.1. The predicted octanol–water partition coefficient (Wildman–Crippen LogP) is 2.25. The van der Waals surface area contributed by atoms with Gasteiger partial charge in [0.2, 0.25) is 0 Å². The van der Waals surface area contributed by atoms with Crippen LogP contribution in [0.1, 0.15) is 26.7 Å². The average molecular weight is 568 g/mol. The standard InChI is InChI=1S/C25H23F3N2O10/c1-11(31)19-9-15-17(32)7-8-18(33)21(15)23(39-19)40-20-10-16(29-24(34)25(26,27)28)22(12(2)37-20)38-14-5-3-13(4-6-14)30(35)36/h3-8,12,16,19-20,22-23H,9-10H2,1-2H3,(H,29,34)/t12-,16-,19-,20-,22+,23+/m0/s1. The van der Waals surface area contributed by atoms with Crippen molar-refractivity contribution in [2.24, 2.45) is 0 Å². The highest BCUT2D eigenvalue weighted by molar-refractivity contribution is 6.20. The van der Waals surface area contributed by atoms with E-state index in [1.54, 1.807) is 0 Å². The minimum absolute atomic E-state index is 0.0223. The van der Waals surface area contributed by atoms with E-state index in [9.17, 15) is 42.5 Å². The summed E-state index contributed by atoms with van der Waals surface area (Å²) in [5, 5.41) is 12.8. The number of benzene rings is 1. The molecule has 3 aliphatic rings. The number of halogens is 3. The van der Waals surface area contributed by atoms with Crippen molar-refractivity contribution in [3.8, 4) is 5.75 Å². The number of nitro benzene ring substituents is 1. The Morgan fingerprint density at radius 1 is 1.10 bits per heavy atom. The van der Waals surface area contributed by atoms with Gasteiger partial charge in [-0.15, -0.1) is 0 Å². The van der Waals surface area contributed by atoms with Crippen LogP contribution in [0.3, 0.4) is 0 Å². The van der Waals surface area contributed by atoms with E-state index in [2.05, 4.69) is 0 Å². The molecule has 1 N–H and O–H groups in total. The van der Waals surface area contributed by atoms with E-state index in [1.807, 2.05) is 5.32 Å². The van der Waals surface area contributed by atoms with Gasteiger partial charge >= 0.3 is 12.1 Å². The van der Waals surface area contributed by atoms with Gasteiger partial charge in [0.1, 0.15) is 18.0 Å². The molecule has 40 heavy (non-hydrogen) atoms. The summed E-state index contributed by atoms with van der Waals surface area (Å²) >= 11 is 0. The second-order valence-electron chi connectivity index (χ2n) is 9.28. The Hall–Kier alpha value is -3.95. The minimum atomic E-state index is -5.22. The summed E-state index contributed by atoms with van der Waals surface area (Å²) in [5.41, 5.74) is -0.373. The summed E-state index contributed by atoms with van der Waals surface area (Å²) in [5.74, 6) is -3.75. The van der Waals surface area contributed by atoms with E-state index in [0.29, 0.717) is 0 Å². The number of carbonyl (C=O) groups excluding carboxylic acids is 4. The third-order valence-corrected chi connectivity index (χ3v) is 6.48. The van der Waals surface area contributed by atoms with Crippen LogP contribution in [0.25, 0.3) is 0 Å². The number of non-ortho nitro benzene ring substituents is 1. The van der Waals surface area contributed by atoms with Crippen LogP contribution in [0.4, 0.5) is 18.9 Å². The van der Waals surface area contributed by atoms with Crippen molar-refractivity contribution in [2.45, 2.75) is 69.8 Å². The van der Waals surface area contributed by atoms with E-state index in [4.69, 9.17) is 18.9 Å². The summed E-state index contributed by atoms with van der Waals surface area (Å²) in [4.78, 5) is 59.1. The normalized spacial score (nSPS) is 28.6. The molecule has 6 atom stereocenters. The molecule has 1 aliphatic carbocycles. The van der Waals surface area contributed by atoms with Crippen LogP contribution in [0.5, 0.6) is 5.75 Å². The Kier molecular flexibility index (Phi) is 8.18. The number of nitrogens with zero attached hydrogens (tertiary/aromatic N) is 1. The van der Waals surface area contributed by atoms with Gasteiger partial charge in [-0.25, -0.2) is 0 Å². The molecule has 2 heterocycles. The van der Waals surface area contributed by atoms with Crippen LogP contribution in [-0.4, -0.2) is 71.3 Å². The number of hydrogen-bond acceptors (Lipinski definition) is 10. The summed E-state index contributed by atoms with van der Waals surface area (Å²) in [6, 6.07) is 3.38. The second kappa shape index (κ2) is 11.3. The van der Waals surface area contributed by atoms with Crippen molar-refractivity contribution in [1.29, 1.82) is 0 Å². The Morgan fingerprint density at radius 3 is 2.35 bits per heavy atom. The van der Waals surface area contributed by atoms with E-state index >= 15 is 0 Å². The second-order valence-corrected chi connectivity index (χ2v) is 9.28. The zero-order chi connectivity index (χ0) is 29.4. The number of nitro groups is 1. The molecule has 0 saturated carbocycles. The van der Waals surface area contributed by atoms with Crippen LogP contribution in [0.2, 0.25) is 0 Å². The highest BCUT2D eigenvalue weighted by atomic mass is 19.4. The molecule has 1 fully saturated rings. The highest BCUT2D eigenvalue weighted by Crippen LogP contribution is 2.34. The van der Waals surface area contributed by atoms with Crippen LogP contribution >= 0.6 is 0 Å². The SMILES string of the molecule is CC(=O)[C@@H]1CC2=C(C(=O)C=CC2=O)[C@@H](O[C@H]2C[C@H](NC(=O)C(F)(F)F)[C@H](Oc3ccc([N+](=O)[O-])cc3)[C@H](C)O2)O1. The van der Waals surface area contributed by atoms with E-state index in [-0.39, 0.29) is 29.0 Å². The quantitative estimate of drug-likeness (QED) is 0.294. The highest BCUT2D eigenvalue weighted by Gasteiger charge is 2.47. The van der Waals surface area contributed by atoms with Crippen molar-refractivity contribution in [2.75, 3.05) is 0 Å². The number of carbonyl (C=O) groups is 4. The van der Waals surface area contributed by atoms with Crippen LogP contribution < -0.4 is 10.1 Å². The molecule has 214 valence electrons. The van der Waals surface area contributed by atoms with Gasteiger partial charge in [0, 0.05) is 30.5 Å². The summed E-state index contributed by atoms with van der Waals surface area (Å²) < 4.78 is 62.3. The fraction of sp³-hybridized carbons (Fsp3) is 0.440. The van der Waals surface area contributed by atoms with Gasteiger partial charge in [-0.1, -0.05) is 0 Å². The van der Waals surface area contributed by atoms with Gasteiger partial charge in [0.25, 0.3) is 5.69 Å². The van der Waals surface area contributed by atoms with Crippen LogP contribution in [0.15, 0.2) is 47.6 Å². The van der Waals surface area contributed by atoms with Gasteiger partial charge in [0.05, 0.1) is 22.6 Å². The molecule has 1 aromatic carbocycles. The Balaban J connectivity index is 1.58. The van der Waals surface area contributed by atoms with Crippen molar-refractivity contribution >= 4 is 28.9 Å². The van der Waals surface area contributed by atoms with Crippen molar-refractivity contribution in [3.05, 3.63) is 57.7 Å². The van der Waals surface area contributed by atoms with Gasteiger partial charge < -0.3 is 24.3 Å². The summed E-state index contributed by atoms with van der Waals surface area (Å²) in [7, 11) is 0. The number of hydrogen-bond donors (Lipinski definition) is 1. The fourth-order valence-corrected chi connectivity index (χ4v) is 4.52. The molecule has 15 heteroatoms. The Labute approximate surface area is 224 Å². The molecule has 4 rings (SSSR count). The molecule has 0 radical (unpaired) electrons. The smallest absolute Gasteiger partial charge is 0.471 e. The molecule has 12 nitrogen and oxygen atoms in total. The molecular weight excluding hydrogens is 545 g/mol. The fourth-order valence-electron chi connectivity index (χ4n) is 4.52. The van der Waals surface area contributed by atoms with Crippen LogP contribution in [0, 0.1) is 10.1 Å². The number of rotatable bonds is 7. The number of allylic oxidation sites excluding steroid dienone is 2. The molecular formula is C25H23F3N2O10. The van der Waals surface area contributed by atoms with Crippen molar-refractivity contribution < 1.29 is 56.2 Å². The molecule has 2 aliphatic heterocycles. The Bertz CT molecular complexity index is 1290. The first-order valence-electron chi connectivity index (χ1n) is 12.0. The third-order valence-electron chi connectivity index (χ3n) is 6.48. The van der Waals surface area contributed by atoms with E-state index < -0.39 is 77.7 Å². The average Bonchev–Trinajstić information content (AvgIpc) is 2.87. The molecule has 1 amide bonds. The number of alkyl halides is 3. The summed E-state index contributed by atoms with van der Waals surface area (Å²) in [6.07, 6.45) is -10.0. The largest absolute Gasteiger partial charge is 0.486 e. The van der Waals surface area contributed by atoms with Gasteiger partial charge in [-0.3, -0.25) is 29.3 Å². The molecule has 0 bridgehead atoms. The molecule has 0 spiro atoms. The van der Waals surface area contributed by atoms with Crippen LogP contribution in [-0.2, 0) is 33.4 Å². The summed E-state index contributed by atoms with van der Waals surface area (Å²) in [6.45, 7) is 2.65. The molecule has 1 saturated heterocycles. The lowest BCUT2D eigenvalue weighted by Crippen LogP contribution is -2.59. The molecule has 1 aromatic rings. The Morgan fingerprint density at radius 2 is 1.75 bits per heavy atom. The molecule has 0 unspecified atom stereocenters. The number of ether oxygens (including phenoxy) is 4. The van der Waals surface area contributed by atoms with E-state index in [0.717, 1.165) is 24.3 Å². The first-order valence-corrected chi connectivity index (χ1v) is 12.0. The number of nitrogens with one attached hydrogen (secondary N) is 1. The third kappa shape index (κ3) is 6.26. The minimum Gasteiger partial charge on any atom is -0.486 e. The first kappa shape index (κ1) is 29.0. The lowest BCUT2D eigenvalue weighted by atomic mass is 9.87. The number of amides is 1. The maximum Gasteiger partial charge on any atom is 0.471 e. The predicted molar refractivity (Wildman–Crippen MR) is 126 cm³/mol. The van der Waals surface area contributed by atoms with Gasteiger partial charge in [-0.2, -0.15) is 13.2 Å². The lowest BCUT2D eigenvalue weighted by Gasteiger charge is -2.42. The zero-order valence-corrected chi connectivity index (χ0v) is 21.0. The van der Waals surface area contributed by atoms with Gasteiger partial charge in [-0.05, 0) is 38.1 Å². The molecule has 0 aromatic heterocycles. The van der Waals surface area contributed by atoms with Crippen molar-refractivity contribution in [1.82, 2.24) is 5.32 Å². The van der Waals surface area contributed by atoms with Crippen molar-refractivity contribution in [3.63, 3.8) is 0 Å². The maximum atomic E-state index is 13.1. The monoisotopic (exact) mass is 568 g/mol. The lowest BCUT2D eigenvalue weighted by molar-refractivity contribution is -0.384. The number of ketones is 3. The first-order chi connectivity index (χ1) is 18.7. The van der Waals surface area contributed by atoms with Gasteiger partial charge in [0.15, 0.2) is 29.9 Å². The zero-order valence-electron chi connectivity index (χ0n) is 21.0. The van der Waals surface area contributed by atoms with E-state index in [1.165, 1.54) is 26.0 Å².